The van der Waals surface area contributed by atoms with Gasteiger partial charge in [-0.3, -0.25) is 19.6 Å². The van der Waals surface area contributed by atoms with Crippen molar-refractivity contribution in [2.75, 3.05) is 25.0 Å². The highest BCUT2D eigenvalue weighted by atomic mass is 16.3. The normalized spacial score (nSPS) is 16.1. The van der Waals surface area contributed by atoms with Crippen LogP contribution in [0.1, 0.15) is 82.1 Å². The fraction of sp³-hybridized carbons (Fsp3) is 0.382. The molecular weight excluding hydrogens is 556 g/mol. The minimum atomic E-state index is -0.903. The van der Waals surface area contributed by atoms with E-state index < -0.39 is 18.1 Å². The molecule has 1 fully saturated rings. The Labute approximate surface area is 258 Å². The van der Waals surface area contributed by atoms with E-state index in [1.54, 1.807) is 23.4 Å². The van der Waals surface area contributed by atoms with Crippen molar-refractivity contribution >= 4 is 17.5 Å². The summed E-state index contributed by atoms with van der Waals surface area (Å²) in [5.41, 5.74) is 4.29. The highest BCUT2D eigenvalue weighted by molar-refractivity contribution is 5.99. The van der Waals surface area contributed by atoms with Gasteiger partial charge in [-0.15, -0.1) is 0 Å². The van der Waals surface area contributed by atoms with Crippen molar-refractivity contribution in [1.29, 1.82) is 0 Å². The molecule has 1 saturated heterocycles. The molecule has 5 rings (SSSR count). The van der Waals surface area contributed by atoms with Gasteiger partial charge in [-0.1, -0.05) is 44.2 Å². The number of aromatic nitrogens is 3. The van der Waals surface area contributed by atoms with Crippen molar-refractivity contribution in [3.63, 3.8) is 0 Å². The molecule has 0 bridgehead atoms. The van der Waals surface area contributed by atoms with Gasteiger partial charge in [0.2, 0.25) is 5.89 Å². The number of nitrogens with one attached hydrogen (secondary N) is 1. The second-order valence-corrected chi connectivity index (χ2v) is 11.8. The number of carbonyl (C=O) groups is 2. The van der Waals surface area contributed by atoms with Crippen LogP contribution >= 0.6 is 0 Å². The number of aliphatic hydroxyl groups is 1. The summed E-state index contributed by atoms with van der Waals surface area (Å²) in [5.74, 6) is 0.193. The van der Waals surface area contributed by atoms with Gasteiger partial charge in [-0.25, -0.2) is 4.98 Å². The Kier molecular flexibility index (Phi) is 9.69. The van der Waals surface area contributed by atoms with E-state index in [0.29, 0.717) is 30.3 Å². The van der Waals surface area contributed by atoms with Crippen LogP contribution in [0.5, 0.6) is 0 Å². The minimum absolute atomic E-state index is 0.231. The molecule has 10 heteroatoms. The van der Waals surface area contributed by atoms with E-state index in [1.165, 1.54) is 12.4 Å². The third-order valence-electron chi connectivity index (χ3n) is 8.08. The van der Waals surface area contributed by atoms with Crippen LogP contribution in [0.3, 0.4) is 0 Å². The Morgan fingerprint density at radius 1 is 1.09 bits per heavy atom. The first-order valence-corrected chi connectivity index (χ1v) is 15.1. The van der Waals surface area contributed by atoms with E-state index in [0.717, 1.165) is 35.3 Å². The number of hydrogen-bond donors (Lipinski definition) is 2. The Balaban J connectivity index is 1.32. The van der Waals surface area contributed by atoms with E-state index in [1.807, 2.05) is 55.4 Å². The lowest BCUT2D eigenvalue weighted by atomic mass is 10.00. The Bertz CT molecular complexity index is 1570. The molecule has 0 saturated carbocycles. The molecule has 0 aliphatic carbocycles. The molecular formula is C34H40N6O4. The highest BCUT2D eigenvalue weighted by Gasteiger charge is 2.34. The number of carbonyl (C=O) groups excluding carboxylic acids is 2. The van der Waals surface area contributed by atoms with E-state index in [2.05, 4.69) is 40.2 Å². The number of benzene rings is 1. The number of aryl methyl sites for hydroxylation is 1. The molecule has 1 aliphatic rings. The highest BCUT2D eigenvalue weighted by Crippen LogP contribution is 2.32. The minimum Gasteiger partial charge on any atom is -0.446 e. The summed E-state index contributed by atoms with van der Waals surface area (Å²) in [5, 5.41) is 14.5. The Hall–Kier alpha value is -4.57. The number of nitrogens with zero attached hydrogens (tertiary/aromatic N) is 5. The number of amides is 2. The predicted octanol–water partition coefficient (Wildman–Crippen LogP) is 4.71. The predicted molar refractivity (Wildman–Crippen MR) is 167 cm³/mol. The van der Waals surface area contributed by atoms with Crippen molar-refractivity contribution in [2.45, 2.75) is 64.1 Å². The molecule has 0 unspecified atom stereocenters. The zero-order chi connectivity index (χ0) is 31.2. The Morgan fingerprint density at radius 3 is 2.57 bits per heavy atom. The Morgan fingerprint density at radius 2 is 1.84 bits per heavy atom. The van der Waals surface area contributed by atoms with Gasteiger partial charge < -0.3 is 24.6 Å². The maximum atomic E-state index is 13.6. The molecule has 3 aromatic heterocycles. The molecule has 0 spiro atoms. The number of hydrogen-bond acceptors (Lipinski definition) is 8. The smallest absolute Gasteiger partial charge is 0.256 e. The molecule has 2 amide bonds. The average molecular weight is 597 g/mol. The number of aliphatic hydroxyl groups excluding tert-OH is 1. The molecule has 4 aromatic rings. The molecule has 1 aliphatic heterocycles. The topological polar surface area (TPSA) is 125 Å². The van der Waals surface area contributed by atoms with Crippen LogP contribution in [-0.2, 0) is 6.42 Å². The van der Waals surface area contributed by atoms with E-state index in [-0.39, 0.29) is 24.1 Å². The standard InChI is InChI=1S/C34H40N6O4/c1-22(2)25-15-28(19-36-16-25)39(4)20-31(41)29(13-24-9-6-5-7-10-24)38-32(42)26-14-27(18-35-17-26)34(43)40-12-8-11-30(40)33-37-23(3)21-44-33/h5-7,9-10,14-19,21-22,29-31,41H,8,11-13,20H2,1-4H3,(H,38,42)/t29-,30+,31+/m0/s1. The lowest BCUT2D eigenvalue weighted by Gasteiger charge is -2.29. The van der Waals surface area contributed by atoms with Gasteiger partial charge in [0.15, 0.2) is 0 Å². The van der Waals surface area contributed by atoms with Crippen LogP contribution < -0.4 is 10.2 Å². The summed E-state index contributed by atoms with van der Waals surface area (Å²) in [6, 6.07) is 12.5. The molecule has 2 N–H and O–H groups in total. The van der Waals surface area contributed by atoms with Crippen molar-refractivity contribution in [1.82, 2.24) is 25.2 Å². The molecule has 1 aromatic carbocycles. The van der Waals surface area contributed by atoms with E-state index in [9.17, 15) is 14.7 Å². The van der Waals surface area contributed by atoms with E-state index >= 15 is 0 Å². The van der Waals surface area contributed by atoms with Gasteiger partial charge in [0, 0.05) is 38.7 Å². The summed E-state index contributed by atoms with van der Waals surface area (Å²) >= 11 is 0. The molecule has 4 heterocycles. The third kappa shape index (κ3) is 7.31. The molecule has 10 nitrogen and oxygen atoms in total. The summed E-state index contributed by atoms with van der Waals surface area (Å²) in [6.07, 6.45) is 9.21. The van der Waals surface area contributed by atoms with Crippen LogP contribution in [0.25, 0.3) is 0 Å². The number of likely N-dealkylation sites (N-methyl/N-ethyl adjacent to an activating group) is 1. The van der Waals surface area contributed by atoms with Crippen LogP contribution in [0.2, 0.25) is 0 Å². The van der Waals surface area contributed by atoms with Crippen LogP contribution in [0, 0.1) is 6.92 Å². The zero-order valence-corrected chi connectivity index (χ0v) is 25.7. The van der Waals surface area contributed by atoms with Crippen LogP contribution in [0.4, 0.5) is 5.69 Å². The number of oxazole rings is 1. The van der Waals surface area contributed by atoms with Gasteiger partial charge in [-0.05, 0) is 55.4 Å². The summed E-state index contributed by atoms with van der Waals surface area (Å²) in [6.45, 7) is 6.91. The zero-order valence-electron chi connectivity index (χ0n) is 25.7. The second kappa shape index (κ2) is 13.8. The molecule has 3 atom stereocenters. The second-order valence-electron chi connectivity index (χ2n) is 11.8. The quantitative estimate of drug-likeness (QED) is 0.255. The fourth-order valence-corrected chi connectivity index (χ4v) is 5.52. The van der Waals surface area contributed by atoms with Crippen molar-refractivity contribution < 1.29 is 19.1 Å². The third-order valence-corrected chi connectivity index (χ3v) is 8.08. The van der Waals surface area contributed by atoms with Gasteiger partial charge in [0.05, 0.1) is 40.9 Å². The van der Waals surface area contributed by atoms with Crippen LogP contribution in [0.15, 0.2) is 77.9 Å². The first-order valence-electron chi connectivity index (χ1n) is 15.1. The monoisotopic (exact) mass is 596 g/mol. The lowest BCUT2D eigenvalue weighted by molar-refractivity contribution is 0.0715. The van der Waals surface area contributed by atoms with Gasteiger partial charge in [-0.2, -0.15) is 0 Å². The first-order chi connectivity index (χ1) is 21.2. The SMILES string of the molecule is Cc1coc([C@H]2CCCN2C(=O)c2cncc(C(=O)N[C@@H](Cc3ccccc3)[C@H](O)CN(C)c3cncc(C(C)C)c3)c2)n1. The molecule has 44 heavy (non-hydrogen) atoms. The average Bonchev–Trinajstić information content (AvgIpc) is 3.70. The number of likely N-dealkylation sites (tertiary alicyclic amines) is 1. The molecule has 0 radical (unpaired) electrons. The maximum absolute atomic E-state index is 13.6. The van der Waals surface area contributed by atoms with Crippen LogP contribution in [-0.4, -0.2) is 69.1 Å². The number of rotatable bonds is 11. The summed E-state index contributed by atoms with van der Waals surface area (Å²) in [7, 11) is 1.90. The summed E-state index contributed by atoms with van der Waals surface area (Å²) in [4.78, 5) is 43.8. The number of pyridine rings is 2. The largest absolute Gasteiger partial charge is 0.446 e. The van der Waals surface area contributed by atoms with Crippen molar-refractivity contribution in [3.05, 3.63) is 107 Å². The van der Waals surface area contributed by atoms with Gasteiger partial charge in [0.25, 0.3) is 11.8 Å². The van der Waals surface area contributed by atoms with Crippen molar-refractivity contribution in [2.24, 2.45) is 0 Å². The number of anilines is 1. The molecule has 230 valence electrons. The van der Waals surface area contributed by atoms with E-state index in [4.69, 9.17) is 4.42 Å². The first kappa shape index (κ1) is 30.9. The lowest BCUT2D eigenvalue weighted by Crippen LogP contribution is -2.49. The van der Waals surface area contributed by atoms with Crippen molar-refractivity contribution in [3.8, 4) is 0 Å². The van der Waals surface area contributed by atoms with Gasteiger partial charge in [0.1, 0.15) is 12.3 Å². The maximum Gasteiger partial charge on any atom is 0.256 e. The summed E-state index contributed by atoms with van der Waals surface area (Å²) < 4.78 is 5.60. The van der Waals surface area contributed by atoms with Gasteiger partial charge >= 0.3 is 0 Å². The fourth-order valence-electron chi connectivity index (χ4n) is 5.52.